The summed E-state index contributed by atoms with van der Waals surface area (Å²) in [7, 11) is 0. The molecule has 0 aliphatic heterocycles. The largest absolute Gasteiger partial charge is 0.290 e. The highest BCUT2D eigenvalue weighted by Crippen LogP contribution is 2.12. The summed E-state index contributed by atoms with van der Waals surface area (Å²) in [5.41, 5.74) is 2.56. The van der Waals surface area contributed by atoms with Crippen LogP contribution in [0.2, 0.25) is 0 Å². The Morgan fingerprint density at radius 2 is 1.20 bits per heavy atom. The molecule has 15 heavy (non-hydrogen) atoms. The Bertz CT molecular complexity index is 403. The SMILES string of the molecule is [O]c1ccc(CCc2ccccc2)cc1. The molecule has 1 radical (unpaired) electrons. The van der Waals surface area contributed by atoms with Gasteiger partial charge < -0.3 is 0 Å². The number of aryl methyl sites for hydroxylation is 2. The van der Waals surface area contributed by atoms with E-state index in [0.29, 0.717) is 0 Å². The monoisotopic (exact) mass is 197 g/mol. The molecule has 0 amide bonds. The van der Waals surface area contributed by atoms with Crippen molar-refractivity contribution in [1.82, 2.24) is 0 Å². The molecule has 0 atom stereocenters. The van der Waals surface area contributed by atoms with Crippen LogP contribution in [0, 0.1) is 0 Å². The molecule has 0 bridgehead atoms. The number of hydrogen-bond donors (Lipinski definition) is 0. The van der Waals surface area contributed by atoms with Crippen LogP contribution < -0.4 is 0 Å². The first kappa shape index (κ1) is 9.78. The lowest BCUT2D eigenvalue weighted by molar-refractivity contribution is 0.355. The summed E-state index contributed by atoms with van der Waals surface area (Å²) in [5.74, 6) is 0.0819. The van der Waals surface area contributed by atoms with Gasteiger partial charge in [-0.25, -0.2) is 0 Å². The van der Waals surface area contributed by atoms with Crippen LogP contribution >= 0.6 is 0 Å². The Labute approximate surface area is 90.0 Å². The van der Waals surface area contributed by atoms with Gasteiger partial charge in [-0.2, -0.15) is 0 Å². The molecule has 0 aliphatic carbocycles. The third kappa shape index (κ3) is 2.84. The molecule has 2 rings (SSSR count). The van der Waals surface area contributed by atoms with Crippen molar-refractivity contribution >= 4 is 0 Å². The molecule has 2 aromatic rings. The molecule has 0 aromatic heterocycles. The van der Waals surface area contributed by atoms with Gasteiger partial charge in [0.25, 0.3) is 0 Å². The zero-order chi connectivity index (χ0) is 10.5. The Balaban J connectivity index is 1.96. The van der Waals surface area contributed by atoms with Gasteiger partial charge in [-0.1, -0.05) is 42.5 Å². The van der Waals surface area contributed by atoms with E-state index in [4.69, 9.17) is 0 Å². The predicted octanol–water partition coefficient (Wildman–Crippen LogP) is 3.62. The zero-order valence-electron chi connectivity index (χ0n) is 8.52. The van der Waals surface area contributed by atoms with Crippen LogP contribution in [0.3, 0.4) is 0 Å². The van der Waals surface area contributed by atoms with Crippen molar-refractivity contribution in [2.45, 2.75) is 12.8 Å². The summed E-state index contributed by atoms with van der Waals surface area (Å²) in [5, 5.41) is 10.9. The average Bonchev–Trinajstić information content (AvgIpc) is 2.30. The van der Waals surface area contributed by atoms with Crippen LogP contribution in [0.25, 0.3) is 0 Å². The van der Waals surface area contributed by atoms with Crippen LogP contribution in [-0.2, 0) is 17.9 Å². The lowest BCUT2D eigenvalue weighted by Crippen LogP contribution is -1.90. The molecule has 0 unspecified atom stereocenters. The third-order valence-corrected chi connectivity index (χ3v) is 2.47. The molecule has 0 fully saturated rings. The minimum Gasteiger partial charge on any atom is -0.290 e. The topological polar surface area (TPSA) is 19.9 Å². The maximum absolute atomic E-state index is 10.9. The van der Waals surface area contributed by atoms with Crippen molar-refractivity contribution in [3.8, 4) is 5.75 Å². The second-order valence-corrected chi connectivity index (χ2v) is 3.63. The molecule has 1 nitrogen and oxygen atoms in total. The number of benzene rings is 2. The van der Waals surface area contributed by atoms with Gasteiger partial charge in [-0.15, -0.1) is 0 Å². The van der Waals surface area contributed by atoms with Crippen molar-refractivity contribution in [1.29, 1.82) is 0 Å². The minimum absolute atomic E-state index is 0.0819. The van der Waals surface area contributed by atoms with Crippen molar-refractivity contribution in [3.05, 3.63) is 65.7 Å². The van der Waals surface area contributed by atoms with E-state index < -0.39 is 0 Å². The van der Waals surface area contributed by atoms with Gasteiger partial charge in [0.15, 0.2) is 5.75 Å². The molecule has 0 saturated carbocycles. The normalized spacial score (nSPS) is 10.1. The van der Waals surface area contributed by atoms with Gasteiger partial charge in [-0.3, -0.25) is 5.11 Å². The molecule has 0 aliphatic rings. The summed E-state index contributed by atoms with van der Waals surface area (Å²) in [6.45, 7) is 0. The molecule has 0 spiro atoms. The molecule has 0 N–H and O–H groups in total. The second kappa shape index (κ2) is 4.65. The first-order chi connectivity index (χ1) is 7.34. The Kier molecular flexibility index (Phi) is 3.03. The summed E-state index contributed by atoms with van der Waals surface area (Å²) < 4.78 is 0. The van der Waals surface area contributed by atoms with Crippen molar-refractivity contribution < 1.29 is 5.11 Å². The first-order valence-corrected chi connectivity index (χ1v) is 5.14. The van der Waals surface area contributed by atoms with E-state index in [9.17, 15) is 5.11 Å². The van der Waals surface area contributed by atoms with Gasteiger partial charge in [0.05, 0.1) is 0 Å². The van der Waals surface area contributed by atoms with E-state index in [0.717, 1.165) is 12.8 Å². The summed E-state index contributed by atoms with van der Waals surface area (Å²) in [6, 6.07) is 17.4. The van der Waals surface area contributed by atoms with Gasteiger partial charge in [0.1, 0.15) is 0 Å². The Morgan fingerprint density at radius 1 is 0.667 bits per heavy atom. The van der Waals surface area contributed by atoms with E-state index in [1.807, 2.05) is 18.2 Å². The van der Waals surface area contributed by atoms with E-state index in [1.54, 1.807) is 12.1 Å². The molecule has 0 heterocycles. The molecular formula is C14H13O. The van der Waals surface area contributed by atoms with Crippen LogP contribution in [0.4, 0.5) is 0 Å². The molecule has 75 valence electrons. The first-order valence-electron chi connectivity index (χ1n) is 5.14. The lowest BCUT2D eigenvalue weighted by Gasteiger charge is -2.01. The van der Waals surface area contributed by atoms with Crippen molar-refractivity contribution in [2.75, 3.05) is 0 Å². The standard InChI is InChI=1S/C14H13O/c15-14-10-8-13(9-11-14)7-6-12-4-2-1-3-5-12/h1-5,8-11H,6-7H2. The maximum Gasteiger partial charge on any atom is 0.178 e. The quantitative estimate of drug-likeness (QED) is 0.716. The van der Waals surface area contributed by atoms with E-state index in [1.165, 1.54) is 11.1 Å². The molecule has 0 saturated heterocycles. The Morgan fingerprint density at radius 3 is 1.80 bits per heavy atom. The fraction of sp³-hybridized carbons (Fsp3) is 0.143. The fourth-order valence-electron chi connectivity index (χ4n) is 1.59. The highest BCUT2D eigenvalue weighted by molar-refractivity contribution is 5.26. The summed E-state index contributed by atoms with van der Waals surface area (Å²) in [4.78, 5) is 0. The highest BCUT2D eigenvalue weighted by atomic mass is 16.3. The fourth-order valence-corrected chi connectivity index (χ4v) is 1.59. The van der Waals surface area contributed by atoms with Crippen LogP contribution in [0.15, 0.2) is 54.6 Å². The van der Waals surface area contributed by atoms with Gasteiger partial charge >= 0.3 is 0 Å². The van der Waals surface area contributed by atoms with E-state index in [2.05, 4.69) is 24.3 Å². The third-order valence-electron chi connectivity index (χ3n) is 2.47. The smallest absolute Gasteiger partial charge is 0.178 e. The van der Waals surface area contributed by atoms with Crippen molar-refractivity contribution in [2.24, 2.45) is 0 Å². The van der Waals surface area contributed by atoms with Crippen molar-refractivity contribution in [3.63, 3.8) is 0 Å². The maximum atomic E-state index is 10.9. The highest BCUT2D eigenvalue weighted by Gasteiger charge is 1.96. The predicted molar refractivity (Wildman–Crippen MR) is 60.4 cm³/mol. The van der Waals surface area contributed by atoms with Gasteiger partial charge in [-0.05, 0) is 36.1 Å². The number of rotatable bonds is 3. The van der Waals surface area contributed by atoms with Crippen LogP contribution in [0.5, 0.6) is 5.75 Å². The second-order valence-electron chi connectivity index (χ2n) is 3.63. The van der Waals surface area contributed by atoms with E-state index >= 15 is 0 Å². The minimum atomic E-state index is 0.0819. The zero-order valence-corrected chi connectivity index (χ0v) is 8.52. The Hall–Kier alpha value is -1.76. The average molecular weight is 197 g/mol. The number of hydrogen-bond acceptors (Lipinski definition) is 0. The lowest BCUT2D eigenvalue weighted by atomic mass is 10.0. The van der Waals surface area contributed by atoms with Crippen LogP contribution in [0.1, 0.15) is 11.1 Å². The van der Waals surface area contributed by atoms with Gasteiger partial charge in [0.2, 0.25) is 0 Å². The summed E-state index contributed by atoms with van der Waals surface area (Å²) in [6.07, 6.45) is 2.02. The van der Waals surface area contributed by atoms with Gasteiger partial charge in [0, 0.05) is 0 Å². The molecular weight excluding hydrogens is 184 g/mol. The molecule has 1 heteroatoms. The molecule has 2 aromatic carbocycles. The van der Waals surface area contributed by atoms with E-state index in [-0.39, 0.29) is 5.75 Å². The summed E-state index contributed by atoms with van der Waals surface area (Å²) >= 11 is 0. The van der Waals surface area contributed by atoms with Crippen LogP contribution in [-0.4, -0.2) is 0 Å².